The molecule has 1 aromatic carbocycles. The van der Waals surface area contributed by atoms with Gasteiger partial charge < -0.3 is 24.3 Å². The number of nitrogens with one attached hydrogen (secondary N) is 1. The number of hydrogen-bond acceptors (Lipinski definition) is 7. The minimum absolute atomic E-state index is 0.0982. The van der Waals surface area contributed by atoms with E-state index in [1.807, 2.05) is 13.8 Å². The molecule has 1 heterocycles. The molecule has 1 N–H and O–H groups in total. The van der Waals surface area contributed by atoms with Crippen molar-refractivity contribution < 1.29 is 33.3 Å². The minimum Gasteiger partial charge on any atom is -0.467 e. The standard InChI is InChI=1S/C17H21NO7/c1-10(2)6-12(17(21)22-3)18-15(19)8-23-16(20)11-4-5-13-14(7-11)25-9-24-13/h4-5,7,10,12H,6,8-9H2,1-3H3,(H,18,19). The summed E-state index contributed by atoms with van der Waals surface area (Å²) >= 11 is 0. The van der Waals surface area contributed by atoms with Crippen LogP contribution in [-0.2, 0) is 19.1 Å². The highest BCUT2D eigenvalue weighted by atomic mass is 16.7. The van der Waals surface area contributed by atoms with Crippen molar-refractivity contribution in [1.82, 2.24) is 5.32 Å². The Morgan fingerprint density at radius 1 is 1.20 bits per heavy atom. The quantitative estimate of drug-likeness (QED) is 0.739. The predicted molar refractivity (Wildman–Crippen MR) is 86.2 cm³/mol. The molecule has 1 unspecified atom stereocenters. The number of methoxy groups -OCH3 is 1. The van der Waals surface area contributed by atoms with Crippen molar-refractivity contribution in [2.24, 2.45) is 5.92 Å². The van der Waals surface area contributed by atoms with Gasteiger partial charge in [-0.3, -0.25) is 4.79 Å². The molecule has 0 saturated heterocycles. The van der Waals surface area contributed by atoms with Crippen LogP contribution in [0, 0.1) is 5.92 Å². The van der Waals surface area contributed by atoms with Crippen LogP contribution in [0.15, 0.2) is 18.2 Å². The molecule has 0 bridgehead atoms. The number of carbonyl (C=O) groups excluding carboxylic acids is 3. The molecule has 0 aromatic heterocycles. The molecular formula is C17H21NO7. The zero-order valence-electron chi connectivity index (χ0n) is 14.4. The lowest BCUT2D eigenvalue weighted by Gasteiger charge is -2.18. The first-order chi connectivity index (χ1) is 11.9. The Balaban J connectivity index is 1.87. The van der Waals surface area contributed by atoms with Crippen molar-refractivity contribution in [3.8, 4) is 11.5 Å². The van der Waals surface area contributed by atoms with Crippen LogP contribution >= 0.6 is 0 Å². The molecule has 0 aliphatic carbocycles. The van der Waals surface area contributed by atoms with E-state index in [-0.39, 0.29) is 18.3 Å². The molecule has 1 aliphatic heterocycles. The number of benzene rings is 1. The molecule has 136 valence electrons. The van der Waals surface area contributed by atoms with Gasteiger partial charge in [0.2, 0.25) is 6.79 Å². The number of rotatable bonds is 7. The van der Waals surface area contributed by atoms with E-state index in [1.54, 1.807) is 6.07 Å². The lowest BCUT2D eigenvalue weighted by molar-refractivity contribution is -0.145. The van der Waals surface area contributed by atoms with Crippen LogP contribution in [0.3, 0.4) is 0 Å². The monoisotopic (exact) mass is 351 g/mol. The number of ether oxygens (including phenoxy) is 4. The summed E-state index contributed by atoms with van der Waals surface area (Å²) in [6.45, 7) is 3.43. The maximum atomic E-state index is 12.0. The van der Waals surface area contributed by atoms with Gasteiger partial charge in [0.15, 0.2) is 18.1 Å². The first-order valence-electron chi connectivity index (χ1n) is 7.84. The molecule has 1 atom stereocenters. The van der Waals surface area contributed by atoms with E-state index in [2.05, 4.69) is 10.1 Å². The Hall–Kier alpha value is -2.77. The number of hydrogen-bond donors (Lipinski definition) is 1. The summed E-state index contributed by atoms with van der Waals surface area (Å²) in [6.07, 6.45) is 0.425. The lowest BCUT2D eigenvalue weighted by atomic mass is 10.0. The Kier molecular flexibility index (Phi) is 6.21. The summed E-state index contributed by atoms with van der Waals surface area (Å²) in [5, 5.41) is 2.51. The molecule has 8 heteroatoms. The normalized spacial score (nSPS) is 13.3. The highest BCUT2D eigenvalue weighted by Crippen LogP contribution is 2.32. The van der Waals surface area contributed by atoms with Crippen LogP contribution in [0.25, 0.3) is 0 Å². The van der Waals surface area contributed by atoms with Gasteiger partial charge in [-0.25, -0.2) is 9.59 Å². The van der Waals surface area contributed by atoms with Crippen molar-refractivity contribution in [2.45, 2.75) is 26.3 Å². The van der Waals surface area contributed by atoms with E-state index in [0.717, 1.165) is 0 Å². The molecule has 1 aromatic rings. The molecule has 0 fully saturated rings. The summed E-state index contributed by atoms with van der Waals surface area (Å²) in [6, 6.07) is 3.82. The van der Waals surface area contributed by atoms with Gasteiger partial charge in [-0.05, 0) is 30.5 Å². The fraction of sp³-hybridized carbons (Fsp3) is 0.471. The largest absolute Gasteiger partial charge is 0.467 e. The van der Waals surface area contributed by atoms with Crippen LogP contribution in [0.1, 0.15) is 30.6 Å². The van der Waals surface area contributed by atoms with Crippen molar-refractivity contribution in [3.05, 3.63) is 23.8 Å². The average Bonchev–Trinajstić information content (AvgIpc) is 3.05. The molecule has 0 saturated carbocycles. The molecule has 8 nitrogen and oxygen atoms in total. The fourth-order valence-corrected chi connectivity index (χ4v) is 2.30. The highest BCUT2D eigenvalue weighted by molar-refractivity contribution is 5.92. The van der Waals surface area contributed by atoms with Gasteiger partial charge in [0.1, 0.15) is 6.04 Å². The van der Waals surface area contributed by atoms with Crippen LogP contribution in [0.5, 0.6) is 11.5 Å². The highest BCUT2D eigenvalue weighted by Gasteiger charge is 2.23. The third-order valence-electron chi connectivity index (χ3n) is 3.47. The summed E-state index contributed by atoms with van der Waals surface area (Å²) < 4.78 is 20.0. The predicted octanol–water partition coefficient (Wildman–Crippen LogP) is 1.28. The summed E-state index contributed by atoms with van der Waals surface area (Å²) in [4.78, 5) is 35.6. The Bertz CT molecular complexity index is 656. The van der Waals surface area contributed by atoms with Crippen LogP contribution in [0.2, 0.25) is 0 Å². The molecule has 1 aliphatic rings. The third-order valence-corrected chi connectivity index (χ3v) is 3.47. The number of fused-ring (bicyclic) bond motifs is 1. The van der Waals surface area contributed by atoms with Crippen molar-refractivity contribution in [1.29, 1.82) is 0 Å². The molecule has 1 amide bonds. The van der Waals surface area contributed by atoms with Crippen molar-refractivity contribution >= 4 is 17.8 Å². The van der Waals surface area contributed by atoms with Gasteiger partial charge in [0, 0.05) is 0 Å². The summed E-state index contributed by atoms with van der Waals surface area (Å²) in [5.41, 5.74) is 0.240. The SMILES string of the molecule is COC(=O)C(CC(C)C)NC(=O)COC(=O)c1ccc2c(c1)OCO2. The molecular weight excluding hydrogens is 330 g/mol. The zero-order valence-corrected chi connectivity index (χ0v) is 14.4. The average molecular weight is 351 g/mol. The van der Waals surface area contributed by atoms with E-state index in [0.29, 0.717) is 17.9 Å². The number of amides is 1. The Morgan fingerprint density at radius 2 is 1.92 bits per heavy atom. The molecule has 25 heavy (non-hydrogen) atoms. The number of esters is 2. The van der Waals surface area contributed by atoms with E-state index in [9.17, 15) is 14.4 Å². The number of carbonyl (C=O) groups is 3. The van der Waals surface area contributed by atoms with Gasteiger partial charge in [-0.2, -0.15) is 0 Å². The molecule has 0 spiro atoms. The summed E-state index contributed by atoms with van der Waals surface area (Å²) in [5.74, 6) is -0.618. The fourth-order valence-electron chi connectivity index (χ4n) is 2.30. The second-order valence-electron chi connectivity index (χ2n) is 5.92. The van der Waals surface area contributed by atoms with Gasteiger partial charge in [0.05, 0.1) is 12.7 Å². The zero-order chi connectivity index (χ0) is 18.4. The molecule has 0 radical (unpaired) electrons. The van der Waals surface area contributed by atoms with Crippen molar-refractivity contribution in [2.75, 3.05) is 20.5 Å². The molecule has 2 rings (SSSR count). The Labute approximate surface area is 145 Å². The van der Waals surface area contributed by atoms with Gasteiger partial charge in [-0.15, -0.1) is 0 Å². The maximum Gasteiger partial charge on any atom is 0.338 e. The first-order valence-corrected chi connectivity index (χ1v) is 7.84. The van der Waals surface area contributed by atoms with E-state index < -0.39 is 30.5 Å². The van der Waals surface area contributed by atoms with Gasteiger partial charge >= 0.3 is 11.9 Å². The lowest BCUT2D eigenvalue weighted by Crippen LogP contribution is -2.44. The van der Waals surface area contributed by atoms with Crippen LogP contribution in [-0.4, -0.2) is 44.4 Å². The first kappa shape index (κ1) is 18.6. The smallest absolute Gasteiger partial charge is 0.338 e. The van der Waals surface area contributed by atoms with Gasteiger partial charge in [0.25, 0.3) is 5.91 Å². The van der Waals surface area contributed by atoms with Gasteiger partial charge in [-0.1, -0.05) is 13.8 Å². The second-order valence-corrected chi connectivity index (χ2v) is 5.92. The van der Waals surface area contributed by atoms with Crippen molar-refractivity contribution in [3.63, 3.8) is 0 Å². The van der Waals surface area contributed by atoms with Crippen LogP contribution in [0.4, 0.5) is 0 Å². The van der Waals surface area contributed by atoms with E-state index in [4.69, 9.17) is 14.2 Å². The Morgan fingerprint density at radius 3 is 2.60 bits per heavy atom. The second kappa shape index (κ2) is 8.36. The maximum absolute atomic E-state index is 12.0. The van der Waals surface area contributed by atoms with E-state index in [1.165, 1.54) is 19.2 Å². The minimum atomic E-state index is -0.776. The topological polar surface area (TPSA) is 100 Å². The van der Waals surface area contributed by atoms with Crippen LogP contribution < -0.4 is 14.8 Å². The third kappa shape index (κ3) is 5.10. The van der Waals surface area contributed by atoms with E-state index >= 15 is 0 Å². The summed E-state index contributed by atoms with van der Waals surface area (Å²) in [7, 11) is 1.25.